The number of aryl methyl sites for hydroxylation is 1. The Morgan fingerprint density at radius 1 is 1.47 bits per heavy atom. The first-order chi connectivity index (χ1) is 8.20. The number of nitrogens with zero attached hydrogens (tertiary/aromatic N) is 1. The van der Waals surface area contributed by atoms with Crippen LogP contribution in [0.3, 0.4) is 0 Å². The van der Waals surface area contributed by atoms with Gasteiger partial charge in [-0.15, -0.1) is 0 Å². The summed E-state index contributed by atoms with van der Waals surface area (Å²) in [7, 11) is 0. The lowest BCUT2D eigenvalue weighted by molar-refractivity contribution is 0.454. The normalized spacial score (nSPS) is 10.8. The van der Waals surface area contributed by atoms with Crippen molar-refractivity contribution in [2.24, 2.45) is 5.73 Å². The highest BCUT2D eigenvalue weighted by molar-refractivity contribution is 7.99. The number of rotatable bonds is 4. The molecule has 17 heavy (non-hydrogen) atoms. The van der Waals surface area contributed by atoms with Crippen LogP contribution in [0.2, 0.25) is 5.02 Å². The Labute approximate surface area is 109 Å². The van der Waals surface area contributed by atoms with E-state index in [9.17, 15) is 0 Å². The predicted molar refractivity (Wildman–Crippen MR) is 69.6 cm³/mol. The second-order valence-corrected chi connectivity index (χ2v) is 5.01. The first-order valence-electron chi connectivity index (χ1n) is 5.28. The van der Waals surface area contributed by atoms with Crippen molar-refractivity contribution in [3.63, 3.8) is 0 Å². The van der Waals surface area contributed by atoms with Gasteiger partial charge in [0.2, 0.25) is 0 Å². The summed E-state index contributed by atoms with van der Waals surface area (Å²) in [4.78, 5) is 5.30. The van der Waals surface area contributed by atoms with Gasteiger partial charge >= 0.3 is 0 Å². The Kier molecular flexibility index (Phi) is 4.10. The molecule has 0 bridgehead atoms. The second kappa shape index (κ2) is 5.58. The number of oxazole rings is 1. The van der Waals surface area contributed by atoms with Crippen LogP contribution in [0, 0.1) is 6.92 Å². The average molecular weight is 269 g/mol. The lowest BCUT2D eigenvalue weighted by Gasteiger charge is -2.08. The van der Waals surface area contributed by atoms with E-state index < -0.39 is 0 Å². The predicted octanol–water partition coefficient (Wildman–Crippen LogP) is 3.29. The summed E-state index contributed by atoms with van der Waals surface area (Å²) in [5, 5.41) is 1.37. The molecule has 2 N–H and O–H groups in total. The molecule has 0 saturated heterocycles. The van der Waals surface area contributed by atoms with Crippen molar-refractivity contribution < 1.29 is 4.42 Å². The van der Waals surface area contributed by atoms with Gasteiger partial charge in [-0.1, -0.05) is 17.7 Å². The van der Waals surface area contributed by atoms with E-state index in [0.29, 0.717) is 11.8 Å². The minimum atomic E-state index is 0.571. The largest absolute Gasteiger partial charge is 0.439 e. The quantitative estimate of drug-likeness (QED) is 0.924. The molecular weight excluding hydrogens is 256 g/mol. The minimum absolute atomic E-state index is 0.571. The van der Waals surface area contributed by atoms with Gasteiger partial charge in [-0.05, 0) is 49.3 Å². The molecule has 2 rings (SSSR count). The van der Waals surface area contributed by atoms with Gasteiger partial charge in [0, 0.05) is 9.92 Å². The average Bonchev–Trinajstić information content (AvgIpc) is 2.69. The fraction of sp³-hybridized carbons (Fsp3) is 0.250. The molecule has 1 aromatic heterocycles. The highest BCUT2D eigenvalue weighted by Gasteiger charge is 2.10. The Morgan fingerprint density at radius 3 is 2.94 bits per heavy atom. The Bertz CT molecular complexity index is 513. The maximum atomic E-state index is 6.16. The molecule has 5 heteroatoms. The van der Waals surface area contributed by atoms with E-state index in [-0.39, 0.29) is 0 Å². The fourth-order valence-electron chi connectivity index (χ4n) is 1.49. The highest BCUT2D eigenvalue weighted by atomic mass is 35.5. The van der Waals surface area contributed by atoms with Gasteiger partial charge in [-0.25, -0.2) is 4.98 Å². The summed E-state index contributed by atoms with van der Waals surface area (Å²) < 4.78 is 5.32. The summed E-state index contributed by atoms with van der Waals surface area (Å²) >= 11 is 7.63. The maximum absolute atomic E-state index is 6.16. The molecule has 0 spiro atoms. The van der Waals surface area contributed by atoms with E-state index in [0.717, 1.165) is 27.6 Å². The van der Waals surface area contributed by atoms with Gasteiger partial charge in [0.25, 0.3) is 5.22 Å². The van der Waals surface area contributed by atoms with Crippen LogP contribution in [0.4, 0.5) is 0 Å². The zero-order chi connectivity index (χ0) is 12.3. The van der Waals surface area contributed by atoms with Crippen LogP contribution in [-0.2, 0) is 6.42 Å². The molecule has 2 aromatic rings. The number of halogens is 1. The molecule has 0 amide bonds. The van der Waals surface area contributed by atoms with Crippen LogP contribution in [0.5, 0.6) is 0 Å². The summed E-state index contributed by atoms with van der Waals surface area (Å²) in [6, 6.07) is 5.79. The molecule has 3 nitrogen and oxygen atoms in total. The first kappa shape index (κ1) is 12.5. The third-order valence-electron chi connectivity index (χ3n) is 2.27. The van der Waals surface area contributed by atoms with Gasteiger partial charge in [0.15, 0.2) is 0 Å². The van der Waals surface area contributed by atoms with Crippen LogP contribution in [0.15, 0.2) is 39.0 Å². The molecule has 0 radical (unpaired) electrons. The number of hydrogen-bond acceptors (Lipinski definition) is 4. The standard InChI is InChI=1S/C12H13ClN2OS/c1-8-7-16-12(15-8)17-11-4-2-3-10(13)9(11)5-6-14/h2-4,7H,5-6,14H2,1H3. The molecule has 0 aliphatic carbocycles. The fourth-order valence-corrected chi connectivity index (χ4v) is 2.78. The molecule has 90 valence electrons. The topological polar surface area (TPSA) is 52.0 Å². The van der Waals surface area contributed by atoms with Gasteiger partial charge in [0.1, 0.15) is 6.26 Å². The third kappa shape index (κ3) is 3.03. The van der Waals surface area contributed by atoms with E-state index >= 15 is 0 Å². The summed E-state index contributed by atoms with van der Waals surface area (Å²) in [6.45, 7) is 2.47. The van der Waals surface area contributed by atoms with Crippen LogP contribution in [0.1, 0.15) is 11.3 Å². The highest BCUT2D eigenvalue weighted by Crippen LogP contribution is 2.33. The lowest BCUT2D eigenvalue weighted by Crippen LogP contribution is -2.04. The van der Waals surface area contributed by atoms with Crippen molar-refractivity contribution in [1.29, 1.82) is 0 Å². The Morgan fingerprint density at radius 2 is 2.29 bits per heavy atom. The zero-order valence-electron chi connectivity index (χ0n) is 9.44. The van der Waals surface area contributed by atoms with Crippen molar-refractivity contribution in [2.45, 2.75) is 23.5 Å². The van der Waals surface area contributed by atoms with Gasteiger partial charge in [-0.3, -0.25) is 0 Å². The smallest absolute Gasteiger partial charge is 0.260 e. The minimum Gasteiger partial charge on any atom is -0.439 e. The SMILES string of the molecule is Cc1coc(Sc2cccc(Cl)c2CCN)n1. The number of hydrogen-bond donors (Lipinski definition) is 1. The third-order valence-corrected chi connectivity index (χ3v) is 3.58. The Balaban J connectivity index is 2.28. The number of benzene rings is 1. The van der Waals surface area contributed by atoms with Crippen LogP contribution in [0.25, 0.3) is 0 Å². The van der Waals surface area contributed by atoms with E-state index in [4.69, 9.17) is 21.8 Å². The van der Waals surface area contributed by atoms with Crippen molar-refractivity contribution >= 4 is 23.4 Å². The molecular formula is C12H13ClN2OS. The van der Waals surface area contributed by atoms with E-state index in [1.807, 2.05) is 25.1 Å². The molecule has 0 atom stereocenters. The summed E-state index contributed by atoms with van der Waals surface area (Å²) in [6.07, 6.45) is 2.39. The summed E-state index contributed by atoms with van der Waals surface area (Å²) in [5.41, 5.74) is 7.51. The van der Waals surface area contributed by atoms with Crippen LogP contribution >= 0.6 is 23.4 Å². The molecule has 0 aliphatic heterocycles. The maximum Gasteiger partial charge on any atom is 0.260 e. The Hall–Kier alpha value is -0.970. The lowest BCUT2D eigenvalue weighted by atomic mass is 10.1. The van der Waals surface area contributed by atoms with Crippen molar-refractivity contribution in [2.75, 3.05) is 6.54 Å². The molecule has 1 aromatic carbocycles. The van der Waals surface area contributed by atoms with E-state index in [1.165, 1.54) is 11.8 Å². The van der Waals surface area contributed by atoms with Gasteiger partial charge < -0.3 is 10.2 Å². The summed E-state index contributed by atoms with van der Waals surface area (Å²) in [5.74, 6) is 0. The number of nitrogens with two attached hydrogens (primary N) is 1. The molecule has 0 saturated carbocycles. The van der Waals surface area contributed by atoms with Crippen molar-refractivity contribution in [3.8, 4) is 0 Å². The molecule has 0 aliphatic rings. The zero-order valence-corrected chi connectivity index (χ0v) is 11.0. The van der Waals surface area contributed by atoms with E-state index in [1.54, 1.807) is 6.26 Å². The van der Waals surface area contributed by atoms with Crippen LogP contribution < -0.4 is 5.73 Å². The van der Waals surface area contributed by atoms with Gasteiger partial charge in [0.05, 0.1) is 5.69 Å². The van der Waals surface area contributed by atoms with Gasteiger partial charge in [-0.2, -0.15) is 0 Å². The van der Waals surface area contributed by atoms with Crippen LogP contribution in [-0.4, -0.2) is 11.5 Å². The monoisotopic (exact) mass is 268 g/mol. The van der Waals surface area contributed by atoms with Crippen molar-refractivity contribution in [3.05, 3.63) is 40.7 Å². The number of aromatic nitrogens is 1. The molecule has 0 fully saturated rings. The molecule has 0 unspecified atom stereocenters. The second-order valence-electron chi connectivity index (χ2n) is 3.61. The van der Waals surface area contributed by atoms with Crippen molar-refractivity contribution in [1.82, 2.24) is 4.98 Å². The van der Waals surface area contributed by atoms with E-state index in [2.05, 4.69) is 4.98 Å². The first-order valence-corrected chi connectivity index (χ1v) is 6.47. The molecule has 1 heterocycles.